The molecule has 0 saturated carbocycles. The molecule has 12 rings (SSSR count). The number of pyridine rings is 1. The number of hydrogen-bond acceptors (Lipinski definition) is 16. The van der Waals surface area contributed by atoms with Crippen molar-refractivity contribution in [3.8, 4) is 5.75 Å². The number of aromatic nitrogens is 1. The van der Waals surface area contributed by atoms with Gasteiger partial charge < -0.3 is 14.3 Å². The van der Waals surface area contributed by atoms with Crippen molar-refractivity contribution >= 4 is 145 Å². The summed E-state index contributed by atoms with van der Waals surface area (Å²) in [7, 11) is 2.96. The molecule has 0 radical (unpaired) electrons. The second-order valence-electron chi connectivity index (χ2n) is 23.8. The normalized spacial score (nSPS) is 15.5. The molecule has 5 aromatic carbocycles. The molecular formula is C78H76Cl4N14O9. The van der Waals surface area contributed by atoms with E-state index in [4.69, 9.17) is 57.7 Å². The van der Waals surface area contributed by atoms with Crippen molar-refractivity contribution in [2.45, 2.75) is 99.6 Å². The number of halogens is 4. The molecule has 0 N–H and O–H groups in total. The van der Waals surface area contributed by atoms with Gasteiger partial charge in [-0.1, -0.05) is 161 Å². The zero-order chi connectivity index (χ0) is 77.3. The number of anilines is 4. The van der Waals surface area contributed by atoms with Gasteiger partial charge in [0.1, 0.15) is 29.0 Å². The number of esters is 1. The number of amides is 6. The topological polar surface area (TPSA) is 249 Å². The van der Waals surface area contributed by atoms with Crippen LogP contribution in [0.5, 0.6) is 5.75 Å². The van der Waals surface area contributed by atoms with Crippen molar-refractivity contribution in [1.82, 2.24) is 15.0 Å². The van der Waals surface area contributed by atoms with Crippen molar-refractivity contribution in [2.24, 2.45) is 30.6 Å². The number of unbranched alkanes of at least 4 members (excludes halogenated alkanes) is 2. The number of para-hydroxylation sites is 1. The average molecular weight is 1500 g/mol. The third-order valence-electron chi connectivity index (χ3n) is 15.9. The van der Waals surface area contributed by atoms with Gasteiger partial charge in [-0.2, -0.15) is 40.5 Å². The maximum atomic E-state index is 12.8. The largest absolute Gasteiger partial charge is 0.484 e. The summed E-state index contributed by atoms with van der Waals surface area (Å²) in [6.07, 6.45) is 6.18. The van der Waals surface area contributed by atoms with E-state index >= 15 is 0 Å². The van der Waals surface area contributed by atoms with E-state index in [0.717, 1.165) is 51.1 Å². The monoisotopic (exact) mass is 1490 g/mol. The van der Waals surface area contributed by atoms with Gasteiger partial charge in [-0.25, -0.2) is 14.8 Å². The number of aryl methyl sites for hydroxylation is 2. The van der Waals surface area contributed by atoms with Crippen LogP contribution in [-0.2, 0) is 33.5 Å². The van der Waals surface area contributed by atoms with Gasteiger partial charge in [-0.05, 0) is 162 Å². The van der Waals surface area contributed by atoms with Crippen molar-refractivity contribution in [3.05, 3.63) is 260 Å². The van der Waals surface area contributed by atoms with E-state index in [1.54, 1.807) is 63.5 Å². The molecule has 1 atom stereocenters. The summed E-state index contributed by atoms with van der Waals surface area (Å²) in [6.45, 7) is 44.6. The maximum absolute atomic E-state index is 12.8. The van der Waals surface area contributed by atoms with Gasteiger partial charge >= 0.3 is 11.8 Å². The van der Waals surface area contributed by atoms with Gasteiger partial charge in [0.2, 0.25) is 0 Å². The fourth-order valence-corrected chi connectivity index (χ4v) is 11.1. The molecule has 105 heavy (non-hydrogen) atoms. The Hall–Kier alpha value is -11.6. The first-order chi connectivity index (χ1) is 49.9. The van der Waals surface area contributed by atoms with Gasteiger partial charge in [-0.3, -0.25) is 33.8 Å². The summed E-state index contributed by atoms with van der Waals surface area (Å²) in [6, 6.07) is 36.9. The van der Waals surface area contributed by atoms with E-state index in [1.807, 2.05) is 101 Å². The van der Waals surface area contributed by atoms with Crippen LogP contribution in [0.1, 0.15) is 101 Å². The third-order valence-corrected chi connectivity index (χ3v) is 16.9. The fourth-order valence-electron chi connectivity index (χ4n) is 10.00. The summed E-state index contributed by atoms with van der Waals surface area (Å²) in [5.41, 5.74) is 10.8. The number of ether oxygens (including phenoxy) is 2. The summed E-state index contributed by atoms with van der Waals surface area (Å²) >= 11 is 24.2. The second kappa shape index (κ2) is 36.5. The molecule has 7 heterocycles. The first-order valence-electron chi connectivity index (χ1n) is 32.6. The molecule has 0 saturated heterocycles. The minimum atomic E-state index is -0.464. The van der Waals surface area contributed by atoms with Crippen LogP contribution in [0.4, 0.5) is 22.7 Å². The molecule has 1 aromatic heterocycles. The van der Waals surface area contributed by atoms with E-state index in [1.165, 1.54) is 64.3 Å². The lowest BCUT2D eigenvalue weighted by atomic mass is 10.0. The van der Waals surface area contributed by atoms with Gasteiger partial charge in [0.25, 0.3) is 35.4 Å². The highest BCUT2D eigenvalue weighted by molar-refractivity contribution is 6.44. The molecule has 0 fully saturated rings. The molecule has 1 unspecified atom stereocenters. The number of nitrogens with zero attached hydrogens (tertiary/aromatic N) is 14. The summed E-state index contributed by atoms with van der Waals surface area (Å²) in [5, 5.41) is 34.1. The number of hydrogen-bond donors (Lipinski definition) is 0. The van der Waals surface area contributed by atoms with E-state index in [0.29, 0.717) is 84.2 Å². The number of hydrazone groups is 6. The Balaban J connectivity index is 0.000000180. The second-order valence-corrected chi connectivity index (χ2v) is 25.5. The molecule has 0 spiro atoms. The number of benzene rings is 5. The number of likely N-dealkylation sites (N-methyl/N-ethyl adjacent to an activating group) is 1. The Kier molecular flexibility index (Phi) is 28.1. The van der Waals surface area contributed by atoms with Gasteiger partial charge in [0.05, 0.1) is 102 Å². The molecule has 540 valence electrons. The van der Waals surface area contributed by atoms with E-state index < -0.39 is 23.9 Å². The quantitative estimate of drug-likeness (QED) is 0.0407. The highest BCUT2D eigenvalue weighted by Crippen LogP contribution is 2.40. The van der Waals surface area contributed by atoms with Crippen LogP contribution in [0.25, 0.3) is 4.85 Å². The number of carbonyl (C=O) groups is 7. The zero-order valence-electron chi connectivity index (χ0n) is 59.6. The third kappa shape index (κ3) is 19.6. The van der Waals surface area contributed by atoms with Crippen LogP contribution < -0.4 is 24.8 Å². The highest BCUT2D eigenvalue weighted by Gasteiger charge is 2.38. The van der Waals surface area contributed by atoms with Gasteiger partial charge in [0.15, 0.2) is 0 Å². The first-order valence-corrected chi connectivity index (χ1v) is 34.1. The van der Waals surface area contributed by atoms with Crippen LogP contribution >= 0.6 is 46.4 Å². The molecule has 27 heteroatoms. The zero-order valence-corrected chi connectivity index (χ0v) is 62.6. The lowest BCUT2D eigenvalue weighted by Gasteiger charge is -2.19. The van der Waals surface area contributed by atoms with Crippen LogP contribution in [0.2, 0.25) is 20.1 Å². The summed E-state index contributed by atoms with van der Waals surface area (Å²) in [5.74, 6) is -1.14. The fraction of sp³-hybridized carbons (Fsp3) is 0.218. The standard InChI is InChI=1S/C21H19Cl3N2O2.C13H9N3O3.C12H13N3O.C11H9ClN2O.C11H10N2O.C10H16N2O/c1-5-17(28-18-7-6-11(2)8-12(18)3)19-13(4)21(27)26(25-19)20-15(23)9-14(22)10-16(20)24;1-8-11(14-2)15-16(12(8)17)10-6-4-9(5-7-10)13(18)19-3;1-8(2)15-12(16)9(3)11(14-15)10-6-4-5-7-13-10;1-7-8(2)13-14(11(7)15)10-5-3-9(12)4-6-10;1-8-9(2)12-13(11(8)14)10-6-4-3-5-7-10;1-4-5-6-7-9-8(2)10(13)12(3)11-9/h6-10,17H,4-5H2,1-3H3;4-7H,1H2,3H3;4-8H,3H2,1-2H3;3-6H,1H2,2H3;3-7H,1H2,2H3;2,4-7H2,1,3H3. The molecular weight excluding hydrogens is 1420 g/mol. The Bertz CT molecular complexity index is 4710. The number of methoxy groups -OCH3 is 1. The summed E-state index contributed by atoms with van der Waals surface area (Å²) in [4.78, 5) is 89.6. The predicted octanol–water partition coefficient (Wildman–Crippen LogP) is 16.1. The molecule has 23 nitrogen and oxygen atoms in total. The lowest BCUT2D eigenvalue weighted by Crippen LogP contribution is -2.28. The molecule has 0 bridgehead atoms. The van der Waals surface area contributed by atoms with E-state index in [9.17, 15) is 33.6 Å². The summed E-state index contributed by atoms with van der Waals surface area (Å²) < 4.78 is 10.7. The predicted molar refractivity (Wildman–Crippen MR) is 417 cm³/mol. The van der Waals surface area contributed by atoms with Crippen molar-refractivity contribution in [2.75, 3.05) is 34.2 Å². The number of carbonyl (C=O) groups excluding carboxylic acids is 7. The average Bonchev–Trinajstić information content (AvgIpc) is 1.16. The molecule has 6 aliphatic rings. The maximum Gasteiger partial charge on any atom is 0.337 e. The Morgan fingerprint density at radius 3 is 1.57 bits per heavy atom. The number of amidine groups is 1. The van der Waals surface area contributed by atoms with Crippen LogP contribution in [0, 0.1) is 20.4 Å². The molecule has 6 aromatic rings. The molecule has 0 aliphatic carbocycles. The Morgan fingerprint density at radius 2 is 1.10 bits per heavy atom. The molecule has 6 aliphatic heterocycles. The number of rotatable bonds is 15. The van der Waals surface area contributed by atoms with Crippen LogP contribution in [0.15, 0.2) is 237 Å². The molecule has 6 amide bonds. The van der Waals surface area contributed by atoms with Gasteiger partial charge in [-0.15, -0.1) is 5.01 Å². The minimum absolute atomic E-state index is 0.0259. The minimum Gasteiger partial charge on any atom is -0.484 e. The Morgan fingerprint density at radius 1 is 0.562 bits per heavy atom. The van der Waals surface area contributed by atoms with E-state index in [2.05, 4.69) is 91.6 Å². The first kappa shape index (κ1) is 80.8. The highest BCUT2D eigenvalue weighted by atomic mass is 35.5. The van der Waals surface area contributed by atoms with E-state index in [-0.39, 0.29) is 62.4 Å². The van der Waals surface area contributed by atoms with Crippen molar-refractivity contribution in [1.29, 1.82) is 0 Å². The van der Waals surface area contributed by atoms with Crippen LogP contribution in [-0.4, -0.2) is 117 Å². The van der Waals surface area contributed by atoms with Crippen LogP contribution in [0.3, 0.4) is 0 Å². The smallest absolute Gasteiger partial charge is 0.337 e. The lowest BCUT2D eigenvalue weighted by molar-refractivity contribution is -0.127. The van der Waals surface area contributed by atoms with Gasteiger partial charge in [0, 0.05) is 23.3 Å². The Labute approximate surface area is 629 Å². The van der Waals surface area contributed by atoms with Crippen molar-refractivity contribution in [3.63, 3.8) is 0 Å². The van der Waals surface area contributed by atoms with Crippen molar-refractivity contribution < 1.29 is 43.0 Å². The SMILES string of the molecule is C=C1C(=O)N(C(C)C)N=C1c1ccccn1.C=C1C(=O)N(C)N=C1CCCCC.C=C1C(=O)N(c2c(Cl)cc(Cl)cc2Cl)N=C1C(CC)Oc1ccc(C)cc1C.C=C1C(=O)N(c2ccc(Cl)cc2)N=C1C.C=C1C(=O)N(c2ccccc2)N=C1C.[C-]#[N+]C1=NN(c2ccc(C(=O)OC)cc2)C(=O)C1=C.